The number of carbonyl (C=O) groups is 2. The van der Waals surface area contributed by atoms with E-state index in [1.54, 1.807) is 23.2 Å². The van der Waals surface area contributed by atoms with Crippen LogP contribution in [0.25, 0.3) is 0 Å². The molecule has 0 saturated heterocycles. The largest absolute Gasteiger partial charge is 0.465 e. The SMILES string of the molecule is COC(=O)c1ccc(C)c(N2Cc3cnc(Cl)nc3C3(CC3)C2=O)c1. The molecule has 25 heavy (non-hydrogen) atoms. The Kier molecular flexibility index (Phi) is 3.54. The number of benzene rings is 1. The van der Waals surface area contributed by atoms with Gasteiger partial charge in [0.1, 0.15) is 0 Å². The lowest BCUT2D eigenvalue weighted by molar-refractivity contribution is -0.121. The highest BCUT2D eigenvalue weighted by atomic mass is 35.5. The van der Waals surface area contributed by atoms with Crippen LogP contribution in [0.4, 0.5) is 5.69 Å². The minimum absolute atomic E-state index is 0.000109. The molecule has 1 aromatic carbocycles. The van der Waals surface area contributed by atoms with Gasteiger partial charge in [0.15, 0.2) is 0 Å². The van der Waals surface area contributed by atoms with E-state index in [4.69, 9.17) is 16.3 Å². The first-order chi connectivity index (χ1) is 12.0. The molecule has 1 fully saturated rings. The minimum Gasteiger partial charge on any atom is -0.465 e. The summed E-state index contributed by atoms with van der Waals surface area (Å²) in [6.07, 6.45) is 3.18. The normalized spacial score (nSPS) is 17.4. The number of amides is 1. The number of anilines is 1. The maximum Gasteiger partial charge on any atom is 0.337 e. The molecule has 0 unspecified atom stereocenters. The van der Waals surface area contributed by atoms with Crippen molar-refractivity contribution >= 4 is 29.2 Å². The van der Waals surface area contributed by atoms with Crippen LogP contribution in [0, 0.1) is 6.92 Å². The van der Waals surface area contributed by atoms with Gasteiger partial charge in [-0.25, -0.2) is 14.8 Å². The number of fused-ring (bicyclic) bond motifs is 2. The number of hydrogen-bond donors (Lipinski definition) is 0. The Hall–Kier alpha value is -2.47. The molecule has 0 radical (unpaired) electrons. The lowest BCUT2D eigenvalue weighted by Gasteiger charge is -2.34. The molecular formula is C18H16ClN3O3. The van der Waals surface area contributed by atoms with Crippen molar-refractivity contribution in [3.63, 3.8) is 0 Å². The fraction of sp³-hybridized carbons (Fsp3) is 0.333. The van der Waals surface area contributed by atoms with Crippen molar-refractivity contribution in [3.05, 3.63) is 52.1 Å². The van der Waals surface area contributed by atoms with Crippen molar-refractivity contribution in [2.75, 3.05) is 12.0 Å². The number of aryl methyl sites for hydroxylation is 1. The van der Waals surface area contributed by atoms with Crippen LogP contribution >= 0.6 is 11.6 Å². The molecule has 1 aromatic heterocycles. The molecule has 0 atom stereocenters. The van der Waals surface area contributed by atoms with E-state index < -0.39 is 11.4 Å². The van der Waals surface area contributed by atoms with Crippen LogP contribution in [-0.4, -0.2) is 29.0 Å². The summed E-state index contributed by atoms with van der Waals surface area (Å²) in [5.74, 6) is -0.428. The second-order valence-electron chi connectivity index (χ2n) is 6.48. The number of aromatic nitrogens is 2. The Morgan fingerprint density at radius 2 is 2.12 bits per heavy atom. The minimum atomic E-state index is -0.603. The lowest BCUT2D eigenvalue weighted by atomic mass is 9.91. The predicted molar refractivity (Wildman–Crippen MR) is 91.7 cm³/mol. The van der Waals surface area contributed by atoms with E-state index in [2.05, 4.69) is 9.97 Å². The fourth-order valence-electron chi connectivity index (χ4n) is 3.43. The van der Waals surface area contributed by atoms with Gasteiger partial charge in [-0.3, -0.25) is 4.79 Å². The van der Waals surface area contributed by atoms with E-state index in [-0.39, 0.29) is 11.2 Å². The van der Waals surface area contributed by atoms with Crippen LogP contribution in [0.2, 0.25) is 5.28 Å². The molecule has 1 saturated carbocycles. The third kappa shape index (κ3) is 2.40. The standard InChI is InChI=1S/C18H16ClN3O3/c1-10-3-4-11(15(23)25-2)7-13(10)22-9-12-8-20-17(19)21-14(12)18(5-6-18)16(22)24/h3-4,7-8H,5-6,9H2,1-2H3. The number of halogens is 1. The third-order valence-electron chi connectivity index (χ3n) is 4.94. The second-order valence-corrected chi connectivity index (χ2v) is 6.82. The molecule has 4 rings (SSSR count). The predicted octanol–water partition coefficient (Wildman–Crippen LogP) is 2.80. The first kappa shape index (κ1) is 16.0. The number of carbonyl (C=O) groups excluding carboxylic acids is 2. The highest BCUT2D eigenvalue weighted by Crippen LogP contribution is 2.53. The van der Waals surface area contributed by atoms with Crippen LogP contribution in [-0.2, 0) is 21.5 Å². The average Bonchev–Trinajstić information content (AvgIpc) is 3.41. The molecule has 0 bridgehead atoms. The zero-order valence-corrected chi connectivity index (χ0v) is 14.6. The maximum absolute atomic E-state index is 13.2. The molecule has 1 spiro atoms. The van der Waals surface area contributed by atoms with Crippen molar-refractivity contribution in [1.29, 1.82) is 0 Å². The summed E-state index contributed by atoms with van der Waals surface area (Å²) in [6.45, 7) is 2.27. The molecule has 128 valence electrons. The van der Waals surface area contributed by atoms with E-state index in [1.807, 2.05) is 13.0 Å². The Bertz CT molecular complexity index is 908. The summed E-state index contributed by atoms with van der Waals surface area (Å²) in [4.78, 5) is 35.2. The highest BCUT2D eigenvalue weighted by Gasteiger charge is 2.58. The molecule has 2 aliphatic rings. The van der Waals surface area contributed by atoms with E-state index in [9.17, 15) is 9.59 Å². The van der Waals surface area contributed by atoms with Crippen LogP contribution < -0.4 is 4.90 Å². The van der Waals surface area contributed by atoms with E-state index in [1.165, 1.54) is 7.11 Å². The highest BCUT2D eigenvalue weighted by molar-refractivity contribution is 6.28. The summed E-state index contributed by atoms with van der Waals surface area (Å²) in [5, 5.41) is 0.162. The molecule has 1 aliphatic heterocycles. The van der Waals surface area contributed by atoms with Gasteiger partial charge in [0.05, 0.1) is 30.3 Å². The van der Waals surface area contributed by atoms with E-state index in [0.29, 0.717) is 17.8 Å². The zero-order valence-electron chi connectivity index (χ0n) is 13.9. The van der Waals surface area contributed by atoms with Gasteiger partial charge in [-0.05, 0) is 49.1 Å². The number of hydrogen-bond acceptors (Lipinski definition) is 5. The van der Waals surface area contributed by atoms with Crippen LogP contribution in [0.1, 0.15) is 40.0 Å². The van der Waals surface area contributed by atoms with Crippen LogP contribution in [0.5, 0.6) is 0 Å². The molecular weight excluding hydrogens is 342 g/mol. The molecule has 1 aliphatic carbocycles. The quantitative estimate of drug-likeness (QED) is 0.610. The zero-order chi connectivity index (χ0) is 17.8. The van der Waals surface area contributed by atoms with Gasteiger partial charge in [0.2, 0.25) is 11.2 Å². The number of ether oxygens (including phenoxy) is 1. The Morgan fingerprint density at radius 1 is 1.36 bits per heavy atom. The van der Waals surface area contributed by atoms with Crippen molar-refractivity contribution < 1.29 is 14.3 Å². The molecule has 6 nitrogen and oxygen atoms in total. The maximum atomic E-state index is 13.2. The topological polar surface area (TPSA) is 72.4 Å². The lowest BCUT2D eigenvalue weighted by Crippen LogP contribution is -2.45. The monoisotopic (exact) mass is 357 g/mol. The van der Waals surface area contributed by atoms with Crippen molar-refractivity contribution in [1.82, 2.24) is 9.97 Å². The third-order valence-corrected chi connectivity index (χ3v) is 5.12. The van der Waals surface area contributed by atoms with Gasteiger partial charge >= 0.3 is 5.97 Å². The molecule has 2 heterocycles. The number of esters is 1. The summed E-state index contributed by atoms with van der Waals surface area (Å²) in [5.41, 5.74) is 3.07. The van der Waals surface area contributed by atoms with Crippen molar-refractivity contribution in [3.8, 4) is 0 Å². The van der Waals surface area contributed by atoms with Gasteiger partial charge in [-0.1, -0.05) is 6.07 Å². The number of nitrogens with zero attached hydrogens (tertiary/aromatic N) is 3. The summed E-state index contributed by atoms with van der Waals surface area (Å²) >= 11 is 5.93. The van der Waals surface area contributed by atoms with E-state index in [0.717, 1.165) is 29.7 Å². The average molecular weight is 358 g/mol. The molecule has 1 amide bonds. The Morgan fingerprint density at radius 3 is 2.80 bits per heavy atom. The van der Waals surface area contributed by atoms with Gasteiger partial charge < -0.3 is 9.64 Å². The summed E-state index contributed by atoms with van der Waals surface area (Å²) < 4.78 is 4.79. The van der Waals surface area contributed by atoms with Gasteiger partial charge in [-0.15, -0.1) is 0 Å². The smallest absolute Gasteiger partial charge is 0.337 e. The molecule has 7 heteroatoms. The summed E-state index contributed by atoms with van der Waals surface area (Å²) in [7, 11) is 1.34. The molecule has 0 N–H and O–H groups in total. The first-order valence-electron chi connectivity index (χ1n) is 7.99. The van der Waals surface area contributed by atoms with Crippen LogP contribution in [0.3, 0.4) is 0 Å². The fourth-order valence-corrected chi connectivity index (χ4v) is 3.57. The van der Waals surface area contributed by atoms with Gasteiger partial charge in [0, 0.05) is 17.4 Å². The second kappa shape index (κ2) is 5.52. The summed E-state index contributed by atoms with van der Waals surface area (Å²) in [6, 6.07) is 5.22. The van der Waals surface area contributed by atoms with Crippen LogP contribution in [0.15, 0.2) is 24.4 Å². The molecule has 2 aromatic rings. The Labute approximate surface area is 149 Å². The van der Waals surface area contributed by atoms with Crippen molar-refractivity contribution in [2.24, 2.45) is 0 Å². The number of rotatable bonds is 2. The number of methoxy groups -OCH3 is 1. The van der Waals surface area contributed by atoms with Gasteiger partial charge in [0.25, 0.3) is 0 Å². The first-order valence-corrected chi connectivity index (χ1v) is 8.37. The Balaban J connectivity index is 1.81. The van der Waals surface area contributed by atoms with Crippen molar-refractivity contribution in [2.45, 2.75) is 31.7 Å². The van der Waals surface area contributed by atoms with Gasteiger partial charge in [-0.2, -0.15) is 0 Å². The van der Waals surface area contributed by atoms with E-state index >= 15 is 0 Å².